The first-order valence-electron chi connectivity index (χ1n) is 8.56. The number of aryl methyl sites for hydroxylation is 1. The Balaban J connectivity index is 2.01. The van der Waals surface area contributed by atoms with Crippen molar-refractivity contribution in [3.05, 3.63) is 56.9 Å². The first kappa shape index (κ1) is 19.8. The summed E-state index contributed by atoms with van der Waals surface area (Å²) in [6.07, 6.45) is 0. The van der Waals surface area contributed by atoms with Crippen molar-refractivity contribution in [1.82, 2.24) is 14.1 Å². The molecule has 0 saturated carbocycles. The van der Waals surface area contributed by atoms with Gasteiger partial charge in [0.05, 0.1) is 18.2 Å². The van der Waals surface area contributed by atoms with Crippen molar-refractivity contribution in [2.75, 3.05) is 17.7 Å². The summed E-state index contributed by atoms with van der Waals surface area (Å²) in [4.78, 5) is 52.5. The Hall–Kier alpha value is -3.95. The second-order valence-electron chi connectivity index (χ2n) is 6.32. The summed E-state index contributed by atoms with van der Waals surface area (Å²) in [7, 11) is 4.29. The van der Waals surface area contributed by atoms with E-state index >= 15 is 0 Å². The van der Waals surface area contributed by atoms with Gasteiger partial charge >= 0.3 is 5.69 Å². The quantitative estimate of drug-likeness (QED) is 0.673. The number of nitrogens with zero attached hydrogens (tertiary/aromatic N) is 3. The van der Waals surface area contributed by atoms with Crippen LogP contribution in [-0.4, -0.2) is 33.0 Å². The highest BCUT2D eigenvalue weighted by molar-refractivity contribution is 6.05. The molecule has 3 aromatic rings. The highest BCUT2D eigenvalue weighted by Crippen LogP contribution is 2.28. The third-order valence-corrected chi connectivity index (χ3v) is 4.30. The van der Waals surface area contributed by atoms with Gasteiger partial charge in [0.2, 0.25) is 5.91 Å². The molecule has 0 bridgehead atoms. The normalized spacial score (nSPS) is 10.6. The molecule has 3 rings (SSSR count). The lowest BCUT2D eigenvalue weighted by atomic mass is 10.2. The van der Waals surface area contributed by atoms with Gasteiger partial charge in [-0.15, -0.1) is 0 Å². The van der Waals surface area contributed by atoms with Gasteiger partial charge in [0, 0.05) is 26.7 Å². The average molecular weight is 397 g/mol. The number of hydrogen-bond donors (Lipinski definition) is 2. The molecule has 29 heavy (non-hydrogen) atoms. The van der Waals surface area contributed by atoms with Crippen LogP contribution in [0.1, 0.15) is 17.4 Å². The predicted molar refractivity (Wildman–Crippen MR) is 107 cm³/mol. The number of benzene rings is 1. The standard InChI is InChI=1S/C19H19N5O5/c1-10(25)20-11-5-8-15(29-4)14(9-11)22-17(26)13-7-6-12-16(21-13)23(2)19(28)24(3)18(12)27/h5-9H,1-4H3,(H,20,25)(H,22,26). The third-order valence-electron chi connectivity index (χ3n) is 4.30. The van der Waals surface area contributed by atoms with E-state index in [9.17, 15) is 19.2 Å². The van der Waals surface area contributed by atoms with E-state index in [1.807, 2.05) is 0 Å². The molecule has 2 amide bonds. The van der Waals surface area contributed by atoms with Gasteiger partial charge in [-0.05, 0) is 30.3 Å². The van der Waals surface area contributed by atoms with Gasteiger partial charge in [-0.3, -0.25) is 23.5 Å². The molecule has 150 valence electrons. The lowest BCUT2D eigenvalue weighted by molar-refractivity contribution is -0.114. The summed E-state index contributed by atoms with van der Waals surface area (Å²) in [5.41, 5.74) is -0.128. The largest absolute Gasteiger partial charge is 0.495 e. The molecule has 2 heterocycles. The van der Waals surface area contributed by atoms with E-state index in [-0.39, 0.29) is 22.6 Å². The number of amides is 2. The minimum atomic E-state index is -0.571. The minimum absolute atomic E-state index is 0.00716. The number of carbonyl (C=O) groups is 2. The summed E-state index contributed by atoms with van der Waals surface area (Å²) in [5, 5.41) is 5.51. The molecule has 0 aliphatic heterocycles. The second kappa shape index (κ2) is 7.58. The van der Waals surface area contributed by atoms with Gasteiger partial charge in [-0.2, -0.15) is 0 Å². The number of fused-ring (bicyclic) bond motifs is 1. The summed E-state index contributed by atoms with van der Waals surface area (Å²) < 4.78 is 7.41. The molecule has 0 radical (unpaired) electrons. The van der Waals surface area contributed by atoms with Crippen molar-refractivity contribution in [1.29, 1.82) is 0 Å². The molecule has 1 aromatic carbocycles. The zero-order chi connectivity index (χ0) is 21.3. The highest BCUT2D eigenvalue weighted by Gasteiger charge is 2.16. The van der Waals surface area contributed by atoms with E-state index < -0.39 is 17.2 Å². The molecule has 10 heteroatoms. The van der Waals surface area contributed by atoms with E-state index in [1.54, 1.807) is 18.2 Å². The maximum Gasteiger partial charge on any atom is 0.332 e. The van der Waals surface area contributed by atoms with Crippen LogP contribution in [0.4, 0.5) is 11.4 Å². The van der Waals surface area contributed by atoms with E-state index in [1.165, 1.54) is 44.8 Å². The van der Waals surface area contributed by atoms with Crippen LogP contribution in [0.3, 0.4) is 0 Å². The zero-order valence-electron chi connectivity index (χ0n) is 16.3. The van der Waals surface area contributed by atoms with E-state index in [0.29, 0.717) is 17.1 Å². The number of rotatable bonds is 4. The van der Waals surface area contributed by atoms with Crippen molar-refractivity contribution in [3.63, 3.8) is 0 Å². The number of pyridine rings is 1. The lowest BCUT2D eigenvalue weighted by Gasteiger charge is -2.13. The summed E-state index contributed by atoms with van der Waals surface area (Å²) in [6.45, 7) is 1.37. The Morgan fingerprint density at radius 3 is 2.41 bits per heavy atom. The van der Waals surface area contributed by atoms with Gasteiger partial charge in [0.25, 0.3) is 11.5 Å². The van der Waals surface area contributed by atoms with Crippen molar-refractivity contribution >= 4 is 34.2 Å². The second-order valence-corrected chi connectivity index (χ2v) is 6.32. The van der Waals surface area contributed by atoms with Crippen molar-refractivity contribution in [2.45, 2.75) is 6.92 Å². The molecule has 10 nitrogen and oxygen atoms in total. The number of ether oxygens (including phenoxy) is 1. The van der Waals surface area contributed by atoms with Crippen molar-refractivity contribution in [3.8, 4) is 5.75 Å². The van der Waals surface area contributed by atoms with Gasteiger partial charge in [-0.25, -0.2) is 9.78 Å². The van der Waals surface area contributed by atoms with Crippen LogP contribution in [0.15, 0.2) is 39.9 Å². The molecule has 2 N–H and O–H groups in total. The van der Waals surface area contributed by atoms with Gasteiger partial charge in [-0.1, -0.05) is 0 Å². The van der Waals surface area contributed by atoms with Crippen LogP contribution < -0.4 is 26.6 Å². The smallest absolute Gasteiger partial charge is 0.332 e. The van der Waals surface area contributed by atoms with Crippen molar-refractivity contribution < 1.29 is 14.3 Å². The number of aromatic nitrogens is 3. The Labute approximate surface area is 164 Å². The number of methoxy groups -OCH3 is 1. The van der Waals surface area contributed by atoms with Gasteiger partial charge in [0.15, 0.2) is 0 Å². The molecule has 0 unspecified atom stereocenters. The molecule has 0 fully saturated rings. The van der Waals surface area contributed by atoms with Crippen LogP contribution >= 0.6 is 0 Å². The molecular formula is C19H19N5O5. The Bertz CT molecular complexity index is 1260. The highest BCUT2D eigenvalue weighted by atomic mass is 16.5. The number of carbonyl (C=O) groups excluding carboxylic acids is 2. The molecule has 0 atom stereocenters. The van der Waals surface area contributed by atoms with Gasteiger partial charge < -0.3 is 15.4 Å². The third kappa shape index (κ3) is 3.72. The number of hydrogen-bond acceptors (Lipinski definition) is 6. The van der Waals surface area contributed by atoms with Crippen molar-refractivity contribution in [2.24, 2.45) is 14.1 Å². The van der Waals surface area contributed by atoms with Crippen LogP contribution in [0.25, 0.3) is 11.0 Å². The average Bonchev–Trinajstić information content (AvgIpc) is 2.70. The maximum atomic E-state index is 12.7. The Morgan fingerprint density at radius 1 is 1.03 bits per heavy atom. The fourth-order valence-electron chi connectivity index (χ4n) is 2.85. The van der Waals surface area contributed by atoms with E-state index in [2.05, 4.69) is 15.6 Å². The number of nitrogens with one attached hydrogen (secondary N) is 2. The monoisotopic (exact) mass is 397 g/mol. The molecule has 2 aromatic heterocycles. The Morgan fingerprint density at radius 2 is 1.76 bits per heavy atom. The molecule has 0 spiro atoms. The fraction of sp³-hybridized carbons (Fsp3) is 0.211. The molecule has 0 aliphatic carbocycles. The van der Waals surface area contributed by atoms with Crippen LogP contribution in [-0.2, 0) is 18.9 Å². The predicted octanol–water partition coefficient (Wildman–Crippen LogP) is 0.851. The minimum Gasteiger partial charge on any atom is -0.495 e. The van der Waals surface area contributed by atoms with Gasteiger partial charge in [0.1, 0.15) is 17.1 Å². The summed E-state index contributed by atoms with van der Waals surface area (Å²) >= 11 is 0. The molecule has 0 aliphatic rings. The first-order valence-corrected chi connectivity index (χ1v) is 8.56. The lowest BCUT2D eigenvalue weighted by Crippen LogP contribution is -2.37. The van der Waals surface area contributed by atoms with Crippen LogP contribution in [0.2, 0.25) is 0 Å². The molecular weight excluding hydrogens is 378 g/mol. The molecule has 0 saturated heterocycles. The summed E-state index contributed by atoms with van der Waals surface area (Å²) in [5.74, 6) is -0.445. The Kier molecular flexibility index (Phi) is 5.18. The fourth-order valence-corrected chi connectivity index (χ4v) is 2.85. The maximum absolute atomic E-state index is 12.7. The SMILES string of the molecule is COc1ccc(NC(C)=O)cc1NC(=O)c1ccc2c(=O)n(C)c(=O)n(C)c2n1. The first-order chi connectivity index (χ1) is 13.7. The zero-order valence-corrected chi connectivity index (χ0v) is 16.3. The van der Waals surface area contributed by atoms with Crippen LogP contribution in [0, 0.1) is 0 Å². The van der Waals surface area contributed by atoms with Crippen LogP contribution in [0.5, 0.6) is 5.75 Å². The van der Waals surface area contributed by atoms with E-state index in [4.69, 9.17) is 4.74 Å². The topological polar surface area (TPSA) is 124 Å². The van der Waals surface area contributed by atoms with E-state index in [0.717, 1.165) is 4.57 Å². The number of anilines is 2. The summed E-state index contributed by atoms with van der Waals surface area (Å²) in [6, 6.07) is 7.63.